The highest BCUT2D eigenvalue weighted by molar-refractivity contribution is 6.79. The highest BCUT2D eigenvalue weighted by Gasteiger charge is 2.46. The molecule has 0 bridgehead atoms. The molecule has 2 atom stereocenters. The number of benzene rings is 1. The molecule has 1 aromatic carbocycles. The van der Waals surface area contributed by atoms with Crippen molar-refractivity contribution in [2.24, 2.45) is 0 Å². The predicted molar refractivity (Wildman–Crippen MR) is 157 cm³/mol. The molecule has 2 rings (SSSR count). The summed E-state index contributed by atoms with van der Waals surface area (Å²) in [7, 11) is -5.95. The Hall–Kier alpha value is -1.32. The van der Waals surface area contributed by atoms with Crippen LogP contribution in [-0.2, 0) is 9.83 Å². The number of carbonyl (C=O) groups excluding carboxylic acids is 1. The maximum Gasteiger partial charge on any atom is 0.250 e. The van der Waals surface area contributed by atoms with Gasteiger partial charge in [-0.15, -0.1) is 0 Å². The third kappa shape index (κ3) is 5.23. The first-order valence-corrected chi connectivity index (χ1v) is 21.1. The second-order valence-corrected chi connectivity index (χ2v) is 29.0. The Bertz CT molecular complexity index is 1100. The molecule has 0 fully saturated rings. The Kier molecular flexibility index (Phi) is 7.61. The zero-order valence-electron chi connectivity index (χ0n) is 25.1. The van der Waals surface area contributed by atoms with Crippen LogP contribution in [0.2, 0.25) is 47.8 Å². The third-order valence-corrected chi connectivity index (χ3v) is 24.0. The van der Waals surface area contributed by atoms with E-state index in [1.165, 1.54) is 0 Å². The van der Waals surface area contributed by atoms with Crippen molar-refractivity contribution >= 4 is 42.2 Å². The third-order valence-electron chi connectivity index (χ3n) is 9.54. The average Bonchev–Trinajstić information content (AvgIpc) is 3.03. The molecule has 0 saturated carbocycles. The molecule has 2 aromatic rings. The Balaban J connectivity index is 2.96. The minimum absolute atomic E-state index is 0.0739. The number of hydrogen-bond acceptors (Lipinski definition) is 3. The lowest BCUT2D eigenvalue weighted by molar-refractivity contribution is -0.310. The zero-order valence-corrected chi connectivity index (χ0v) is 28.2. The van der Waals surface area contributed by atoms with E-state index in [4.69, 9.17) is 4.43 Å². The maximum absolute atomic E-state index is 13.0. The Labute approximate surface area is 218 Å². The first kappa shape index (κ1) is 29.9. The first-order chi connectivity index (χ1) is 15.4. The van der Waals surface area contributed by atoms with Crippen molar-refractivity contribution in [2.75, 3.05) is 0 Å². The van der Waals surface area contributed by atoms with Crippen LogP contribution in [-0.4, -0.2) is 35.6 Å². The number of aliphatic carboxylic acids is 1. The van der Waals surface area contributed by atoms with Crippen LogP contribution in [0.3, 0.4) is 0 Å². The molecule has 0 N–H and O–H groups in total. The first-order valence-electron chi connectivity index (χ1n) is 13.0. The van der Waals surface area contributed by atoms with Gasteiger partial charge in [-0.2, -0.15) is 0 Å². The van der Waals surface area contributed by atoms with Crippen molar-refractivity contribution in [3.8, 4) is 5.75 Å². The summed E-state index contributed by atoms with van der Waals surface area (Å²) in [6, 6.07) is 6.35. The van der Waals surface area contributed by atoms with Gasteiger partial charge in [0.1, 0.15) is 5.75 Å². The number of carboxylic acid groups (broad SMARTS) is 1. The quantitative estimate of drug-likeness (QED) is 0.373. The summed E-state index contributed by atoms with van der Waals surface area (Å²) in [5.74, 6) is -0.124. The van der Waals surface area contributed by atoms with Gasteiger partial charge in [0.2, 0.25) is 8.32 Å². The highest BCUT2D eigenvalue weighted by atomic mass is 28.4. The van der Waals surface area contributed by atoms with Gasteiger partial charge in [-0.05, 0) is 52.0 Å². The van der Waals surface area contributed by atoms with Crippen molar-refractivity contribution in [1.82, 2.24) is 4.23 Å². The van der Waals surface area contributed by atoms with E-state index in [0.717, 1.165) is 22.2 Å². The molecule has 7 heteroatoms. The van der Waals surface area contributed by atoms with Crippen LogP contribution in [0.25, 0.3) is 10.9 Å². The second kappa shape index (κ2) is 8.91. The Morgan fingerprint density at radius 2 is 1.43 bits per heavy atom. The van der Waals surface area contributed by atoms with E-state index in [1.54, 1.807) is 0 Å². The largest absolute Gasteiger partial charge is 0.550 e. The van der Waals surface area contributed by atoms with Gasteiger partial charge < -0.3 is 18.6 Å². The molecule has 1 heterocycles. The van der Waals surface area contributed by atoms with Crippen molar-refractivity contribution in [2.45, 2.75) is 122 Å². The molecule has 35 heavy (non-hydrogen) atoms. The molecule has 0 aliphatic rings. The summed E-state index contributed by atoms with van der Waals surface area (Å²) >= 11 is 0. The van der Waals surface area contributed by atoms with Crippen LogP contribution >= 0.6 is 0 Å². The molecule has 198 valence electrons. The lowest BCUT2D eigenvalue weighted by Gasteiger charge is -2.43. The minimum atomic E-state index is -2.05. The van der Waals surface area contributed by atoms with E-state index < -0.39 is 36.4 Å². The molecule has 1 aromatic heterocycles. The maximum atomic E-state index is 13.0. The normalized spacial score (nSPS) is 16.8. The molecule has 0 spiro atoms. The zero-order chi connectivity index (χ0) is 27.6. The molecular weight excluding hydrogens is 483 g/mol. The lowest BCUT2D eigenvalue weighted by atomic mass is 9.99. The van der Waals surface area contributed by atoms with Crippen LogP contribution in [0.1, 0.15) is 74.8 Å². The number of hydrogen-bond donors (Lipinski definition) is 0. The summed E-state index contributed by atoms with van der Waals surface area (Å²) in [6.45, 7) is 33.4. The fraction of sp³-hybridized carbons (Fsp3) is 0.679. The van der Waals surface area contributed by atoms with Gasteiger partial charge >= 0.3 is 0 Å². The summed E-state index contributed by atoms with van der Waals surface area (Å²) in [4.78, 5) is 13.0. The number of nitrogens with zero attached hydrogens (tertiary/aromatic N) is 1. The summed E-state index contributed by atoms with van der Waals surface area (Å²) in [5, 5.41) is 13.0. The van der Waals surface area contributed by atoms with E-state index in [1.807, 2.05) is 6.92 Å². The standard InChI is InChI=1S/C28H51NO3Si3/c1-25(2,3)33(11)28(10,24(30)31)22-19-29(34(12,13)26(4,5)6)23-17-16-20(18-21(22)23)32-35(14,15)27(7,8)9/h16-19,33H,1-15H3,(H,30,31)/p-1. The number of carboxylic acids is 1. The molecule has 2 unspecified atom stereocenters. The van der Waals surface area contributed by atoms with Crippen LogP contribution in [0.5, 0.6) is 5.75 Å². The lowest BCUT2D eigenvalue weighted by Crippen LogP contribution is -2.56. The number of carbonyl (C=O) groups is 1. The van der Waals surface area contributed by atoms with Crippen molar-refractivity contribution in [3.05, 3.63) is 30.0 Å². The predicted octanol–water partition coefficient (Wildman–Crippen LogP) is 7.08. The summed E-state index contributed by atoms with van der Waals surface area (Å²) < 4.78 is 9.11. The van der Waals surface area contributed by atoms with Gasteiger partial charge in [-0.3, -0.25) is 0 Å². The number of rotatable bonds is 6. The molecule has 0 aliphatic carbocycles. The van der Waals surface area contributed by atoms with E-state index in [2.05, 4.69) is 124 Å². The van der Waals surface area contributed by atoms with Crippen LogP contribution in [0.4, 0.5) is 0 Å². The van der Waals surface area contributed by atoms with Crippen LogP contribution < -0.4 is 9.53 Å². The Morgan fingerprint density at radius 3 is 1.83 bits per heavy atom. The second-order valence-electron chi connectivity index (χ2n) is 14.8. The topological polar surface area (TPSA) is 54.3 Å². The van der Waals surface area contributed by atoms with Gasteiger partial charge in [0.15, 0.2) is 8.24 Å². The number of fused-ring (bicyclic) bond motifs is 1. The highest BCUT2D eigenvalue weighted by Crippen LogP contribution is 2.47. The van der Waals surface area contributed by atoms with Crippen LogP contribution in [0, 0.1) is 0 Å². The SMILES string of the molecule is C[SiH](C(C)(C)C)C(C)(C(=O)[O-])c1cn([Si](C)(C)C(C)(C)C)c2ccc(O[Si](C)(C)C(C)(C)C)cc12. The molecule has 0 saturated heterocycles. The summed E-state index contributed by atoms with van der Waals surface area (Å²) in [6.07, 6.45) is 2.17. The molecule has 0 aliphatic heterocycles. The van der Waals surface area contributed by atoms with Gasteiger partial charge in [-0.1, -0.05) is 88.9 Å². The fourth-order valence-electron chi connectivity index (χ4n) is 4.34. The van der Waals surface area contributed by atoms with Crippen LogP contribution in [0.15, 0.2) is 24.4 Å². The molecule has 0 amide bonds. The molecule has 4 nitrogen and oxygen atoms in total. The van der Waals surface area contributed by atoms with Gasteiger partial charge in [0, 0.05) is 28.1 Å². The minimum Gasteiger partial charge on any atom is -0.550 e. The molecular formula is C28H50NO3Si3-. The fourth-order valence-corrected chi connectivity index (χ4v) is 10.1. The number of aromatic nitrogens is 1. The van der Waals surface area contributed by atoms with Gasteiger partial charge in [0.05, 0.1) is 8.80 Å². The smallest absolute Gasteiger partial charge is 0.250 e. The van der Waals surface area contributed by atoms with Gasteiger partial charge in [0.25, 0.3) is 0 Å². The van der Waals surface area contributed by atoms with E-state index in [9.17, 15) is 9.90 Å². The van der Waals surface area contributed by atoms with Gasteiger partial charge in [-0.25, -0.2) is 0 Å². The van der Waals surface area contributed by atoms with E-state index >= 15 is 0 Å². The van der Waals surface area contributed by atoms with Crippen molar-refractivity contribution < 1.29 is 14.3 Å². The summed E-state index contributed by atoms with van der Waals surface area (Å²) in [5.41, 5.74) is 2.00. The van der Waals surface area contributed by atoms with Crippen molar-refractivity contribution in [1.29, 1.82) is 0 Å². The molecule has 0 radical (unpaired) electrons. The Morgan fingerprint density at radius 1 is 0.914 bits per heavy atom. The average molecular weight is 533 g/mol. The van der Waals surface area contributed by atoms with E-state index in [0.29, 0.717) is 0 Å². The van der Waals surface area contributed by atoms with Crippen molar-refractivity contribution in [3.63, 3.8) is 0 Å². The van der Waals surface area contributed by atoms with E-state index in [-0.39, 0.29) is 15.1 Å². The monoisotopic (exact) mass is 532 g/mol.